The summed E-state index contributed by atoms with van der Waals surface area (Å²) in [6, 6.07) is 14.6. The first-order chi connectivity index (χ1) is 15.6. The van der Waals surface area contributed by atoms with Gasteiger partial charge in [-0.2, -0.15) is 0 Å². The van der Waals surface area contributed by atoms with E-state index in [2.05, 4.69) is 50.0 Å². The zero-order valence-electron chi connectivity index (χ0n) is 19.8. The zero-order chi connectivity index (χ0) is 22.5. The van der Waals surface area contributed by atoms with Gasteiger partial charge in [-0.25, -0.2) is 4.98 Å². The van der Waals surface area contributed by atoms with E-state index < -0.39 is 0 Å². The Morgan fingerprint density at radius 2 is 1.59 bits per heavy atom. The minimum Gasteiger partial charge on any atom is -0.490 e. The van der Waals surface area contributed by atoms with Gasteiger partial charge >= 0.3 is 0 Å². The molecule has 0 N–H and O–H groups in total. The summed E-state index contributed by atoms with van der Waals surface area (Å²) in [5.74, 6) is 1.53. The highest BCUT2D eigenvalue weighted by molar-refractivity contribution is 5.70. The Morgan fingerprint density at radius 1 is 0.906 bits per heavy atom. The zero-order valence-corrected chi connectivity index (χ0v) is 19.8. The van der Waals surface area contributed by atoms with Crippen LogP contribution in [0.25, 0.3) is 11.3 Å². The standard InChI is InChI=1S/C28H34N2O2/c1-5-21-12-10-13-22(6-2)28(21)25-17-26(32-23-14-7-8-15-23)24(20(4)30-25)18-31-27-16-9-11-19(3)29-27/h9-13,16-17,23H,5-8,14-15,18H2,1-4H3. The predicted octanol–water partition coefficient (Wildman–Crippen LogP) is 6.79. The molecule has 4 rings (SSSR count). The van der Waals surface area contributed by atoms with Crippen molar-refractivity contribution in [2.24, 2.45) is 0 Å². The molecule has 1 aliphatic carbocycles. The van der Waals surface area contributed by atoms with Crippen molar-refractivity contribution in [2.75, 3.05) is 0 Å². The Kier molecular flexibility index (Phi) is 7.09. The predicted molar refractivity (Wildman–Crippen MR) is 129 cm³/mol. The molecule has 4 nitrogen and oxygen atoms in total. The molecule has 1 saturated carbocycles. The second-order valence-electron chi connectivity index (χ2n) is 8.66. The minimum absolute atomic E-state index is 0.271. The van der Waals surface area contributed by atoms with Crippen LogP contribution in [0.2, 0.25) is 0 Å². The molecular formula is C28H34N2O2. The summed E-state index contributed by atoms with van der Waals surface area (Å²) in [7, 11) is 0. The van der Waals surface area contributed by atoms with E-state index in [0.29, 0.717) is 12.5 Å². The molecule has 2 aromatic heterocycles. The van der Waals surface area contributed by atoms with E-state index in [1.165, 1.54) is 29.5 Å². The lowest BCUT2D eigenvalue weighted by molar-refractivity contribution is 0.200. The molecule has 0 bridgehead atoms. The Morgan fingerprint density at radius 3 is 2.25 bits per heavy atom. The van der Waals surface area contributed by atoms with Crippen LogP contribution in [0.3, 0.4) is 0 Å². The molecular weight excluding hydrogens is 396 g/mol. The van der Waals surface area contributed by atoms with Crippen LogP contribution >= 0.6 is 0 Å². The molecule has 4 heteroatoms. The Hall–Kier alpha value is -2.88. The Balaban J connectivity index is 1.73. The molecule has 0 atom stereocenters. The van der Waals surface area contributed by atoms with Crippen LogP contribution in [-0.2, 0) is 19.4 Å². The molecule has 3 aromatic rings. The number of rotatable bonds is 8. The number of ether oxygens (including phenoxy) is 2. The van der Waals surface area contributed by atoms with E-state index in [0.717, 1.165) is 54.1 Å². The summed E-state index contributed by atoms with van der Waals surface area (Å²) >= 11 is 0. The molecule has 0 spiro atoms. The lowest BCUT2D eigenvalue weighted by Gasteiger charge is -2.21. The van der Waals surface area contributed by atoms with Crippen molar-refractivity contribution in [1.29, 1.82) is 0 Å². The number of benzene rings is 1. The van der Waals surface area contributed by atoms with E-state index in [4.69, 9.17) is 14.5 Å². The summed E-state index contributed by atoms with van der Waals surface area (Å²) in [6.07, 6.45) is 6.93. The van der Waals surface area contributed by atoms with Crippen LogP contribution in [0, 0.1) is 13.8 Å². The molecule has 0 aliphatic heterocycles. The normalized spacial score (nSPS) is 14.0. The fourth-order valence-electron chi connectivity index (χ4n) is 4.58. The first kappa shape index (κ1) is 22.3. The average Bonchev–Trinajstić information content (AvgIpc) is 3.31. The first-order valence-corrected chi connectivity index (χ1v) is 11.9. The lowest BCUT2D eigenvalue weighted by atomic mass is 9.94. The number of nitrogens with zero attached hydrogens (tertiary/aromatic N) is 2. The van der Waals surface area contributed by atoms with Gasteiger partial charge in [0.2, 0.25) is 5.88 Å². The third-order valence-corrected chi connectivity index (χ3v) is 6.37. The maximum atomic E-state index is 6.57. The van der Waals surface area contributed by atoms with Crippen molar-refractivity contribution >= 4 is 0 Å². The second-order valence-corrected chi connectivity index (χ2v) is 8.66. The SMILES string of the molecule is CCc1cccc(CC)c1-c1cc(OC2CCCC2)c(COc2cccc(C)n2)c(C)n1. The maximum absolute atomic E-state index is 6.57. The van der Waals surface area contributed by atoms with Gasteiger partial charge in [0.05, 0.1) is 17.4 Å². The van der Waals surface area contributed by atoms with E-state index in [1.54, 1.807) is 0 Å². The molecule has 0 saturated heterocycles. The fraction of sp³-hybridized carbons (Fsp3) is 0.429. The fourth-order valence-corrected chi connectivity index (χ4v) is 4.58. The smallest absolute Gasteiger partial charge is 0.213 e. The highest BCUT2D eigenvalue weighted by atomic mass is 16.5. The van der Waals surface area contributed by atoms with Crippen LogP contribution in [0.1, 0.15) is 67.6 Å². The van der Waals surface area contributed by atoms with Gasteiger partial charge in [0.25, 0.3) is 0 Å². The van der Waals surface area contributed by atoms with Gasteiger partial charge < -0.3 is 9.47 Å². The maximum Gasteiger partial charge on any atom is 0.213 e. The van der Waals surface area contributed by atoms with Gasteiger partial charge in [0.1, 0.15) is 12.4 Å². The van der Waals surface area contributed by atoms with Crippen LogP contribution in [0.15, 0.2) is 42.5 Å². The van der Waals surface area contributed by atoms with Crippen molar-refractivity contribution in [1.82, 2.24) is 9.97 Å². The minimum atomic E-state index is 0.271. The van der Waals surface area contributed by atoms with Crippen molar-refractivity contribution < 1.29 is 9.47 Å². The number of aryl methyl sites for hydroxylation is 4. The number of hydrogen-bond donors (Lipinski definition) is 0. The van der Waals surface area contributed by atoms with Crippen LogP contribution in [-0.4, -0.2) is 16.1 Å². The average molecular weight is 431 g/mol. The van der Waals surface area contributed by atoms with Crippen molar-refractivity contribution in [3.05, 3.63) is 70.5 Å². The summed E-state index contributed by atoms with van der Waals surface area (Å²) < 4.78 is 12.6. The first-order valence-electron chi connectivity index (χ1n) is 11.9. The molecule has 1 aliphatic rings. The Labute approximate surface area is 192 Å². The largest absolute Gasteiger partial charge is 0.490 e. The molecule has 0 unspecified atom stereocenters. The van der Waals surface area contributed by atoms with Crippen LogP contribution < -0.4 is 9.47 Å². The van der Waals surface area contributed by atoms with Gasteiger partial charge in [-0.3, -0.25) is 4.98 Å². The third-order valence-electron chi connectivity index (χ3n) is 6.37. The van der Waals surface area contributed by atoms with Gasteiger partial charge in [-0.15, -0.1) is 0 Å². The molecule has 32 heavy (non-hydrogen) atoms. The van der Waals surface area contributed by atoms with Gasteiger partial charge in [0.15, 0.2) is 0 Å². The molecule has 0 radical (unpaired) electrons. The quantitative estimate of drug-likeness (QED) is 0.395. The highest BCUT2D eigenvalue weighted by Crippen LogP contribution is 2.35. The topological polar surface area (TPSA) is 44.2 Å². The molecule has 1 aromatic carbocycles. The van der Waals surface area contributed by atoms with Gasteiger partial charge in [-0.05, 0) is 69.6 Å². The summed E-state index contributed by atoms with van der Waals surface area (Å²) in [5, 5.41) is 0. The van der Waals surface area contributed by atoms with E-state index in [-0.39, 0.29) is 6.10 Å². The van der Waals surface area contributed by atoms with Crippen molar-refractivity contribution in [3.63, 3.8) is 0 Å². The van der Waals surface area contributed by atoms with E-state index in [9.17, 15) is 0 Å². The summed E-state index contributed by atoms with van der Waals surface area (Å²) in [5.41, 5.74) is 7.82. The molecule has 0 amide bonds. The van der Waals surface area contributed by atoms with E-state index in [1.807, 2.05) is 25.1 Å². The number of aromatic nitrogens is 2. The van der Waals surface area contributed by atoms with Crippen LogP contribution in [0.5, 0.6) is 11.6 Å². The third kappa shape index (κ3) is 4.95. The van der Waals surface area contributed by atoms with Crippen molar-refractivity contribution in [3.8, 4) is 22.9 Å². The molecule has 2 heterocycles. The number of hydrogen-bond acceptors (Lipinski definition) is 4. The summed E-state index contributed by atoms with van der Waals surface area (Å²) in [6.45, 7) is 8.84. The van der Waals surface area contributed by atoms with Gasteiger partial charge in [-0.1, -0.05) is 38.1 Å². The molecule has 168 valence electrons. The monoisotopic (exact) mass is 430 g/mol. The van der Waals surface area contributed by atoms with Crippen molar-refractivity contribution in [2.45, 2.75) is 78.9 Å². The lowest BCUT2D eigenvalue weighted by Crippen LogP contribution is -2.14. The highest BCUT2D eigenvalue weighted by Gasteiger charge is 2.22. The second kappa shape index (κ2) is 10.2. The molecule has 1 fully saturated rings. The summed E-state index contributed by atoms with van der Waals surface area (Å²) in [4.78, 5) is 9.52. The Bertz CT molecular complexity index is 1050. The van der Waals surface area contributed by atoms with Crippen LogP contribution in [0.4, 0.5) is 0 Å². The number of pyridine rings is 2. The van der Waals surface area contributed by atoms with E-state index >= 15 is 0 Å². The van der Waals surface area contributed by atoms with Gasteiger partial charge in [0, 0.05) is 29.1 Å².